The van der Waals surface area contributed by atoms with Crippen LogP contribution < -0.4 is 4.72 Å². The van der Waals surface area contributed by atoms with Crippen LogP contribution >= 0.6 is 23.2 Å². The van der Waals surface area contributed by atoms with E-state index in [-0.39, 0.29) is 15.6 Å². The normalized spacial score (nSPS) is 11.9. The first-order valence-electron chi connectivity index (χ1n) is 4.89. The third-order valence-electron chi connectivity index (χ3n) is 2.21. The van der Waals surface area contributed by atoms with Crippen LogP contribution in [0.25, 0.3) is 11.0 Å². The number of hydrogen-bond acceptors (Lipinski definition) is 4. The van der Waals surface area contributed by atoms with Crippen molar-refractivity contribution in [2.45, 2.75) is 5.09 Å². The third kappa shape index (κ3) is 3.01. The van der Waals surface area contributed by atoms with E-state index in [1.54, 1.807) is 0 Å². The van der Waals surface area contributed by atoms with E-state index in [0.717, 1.165) is 0 Å². The SMILES string of the molecule is O=C(O)CNS(=O)(=O)c1cc2cc(Cl)c(Cl)cc2o1. The van der Waals surface area contributed by atoms with Gasteiger partial charge in [0.05, 0.1) is 10.0 Å². The maximum absolute atomic E-state index is 11.7. The summed E-state index contributed by atoms with van der Waals surface area (Å²) in [6, 6.07) is 4.08. The fourth-order valence-corrected chi connectivity index (χ4v) is 2.63. The topological polar surface area (TPSA) is 96.6 Å². The Labute approximate surface area is 118 Å². The van der Waals surface area contributed by atoms with Gasteiger partial charge in [0.15, 0.2) is 0 Å². The van der Waals surface area contributed by atoms with Crippen LogP contribution in [-0.2, 0) is 14.8 Å². The zero-order valence-electron chi connectivity index (χ0n) is 9.18. The molecule has 1 aromatic heterocycles. The summed E-state index contributed by atoms with van der Waals surface area (Å²) in [4.78, 5) is 10.3. The van der Waals surface area contributed by atoms with Crippen LogP contribution in [0, 0.1) is 0 Å². The number of carbonyl (C=O) groups is 1. The van der Waals surface area contributed by atoms with Crippen LogP contribution in [0.15, 0.2) is 27.7 Å². The molecule has 0 bridgehead atoms. The quantitative estimate of drug-likeness (QED) is 0.898. The maximum atomic E-state index is 11.7. The Morgan fingerprint density at radius 2 is 1.89 bits per heavy atom. The van der Waals surface area contributed by atoms with Crippen molar-refractivity contribution in [3.8, 4) is 0 Å². The first kappa shape index (κ1) is 14.1. The number of sulfonamides is 1. The highest BCUT2D eigenvalue weighted by atomic mass is 35.5. The van der Waals surface area contributed by atoms with E-state index in [1.165, 1.54) is 18.2 Å². The van der Waals surface area contributed by atoms with Crippen molar-refractivity contribution < 1.29 is 22.7 Å². The minimum atomic E-state index is -4.03. The molecule has 1 heterocycles. The predicted molar refractivity (Wildman–Crippen MR) is 69.1 cm³/mol. The molecule has 0 unspecified atom stereocenters. The van der Waals surface area contributed by atoms with Crippen LogP contribution in [0.1, 0.15) is 0 Å². The molecule has 0 radical (unpaired) electrons. The molecule has 0 amide bonds. The Hall–Kier alpha value is -1.28. The molecule has 102 valence electrons. The van der Waals surface area contributed by atoms with Crippen molar-refractivity contribution in [2.24, 2.45) is 0 Å². The molecule has 19 heavy (non-hydrogen) atoms. The summed E-state index contributed by atoms with van der Waals surface area (Å²) in [7, 11) is -4.03. The molecular weight excluding hydrogens is 317 g/mol. The number of aliphatic carboxylic acids is 1. The lowest BCUT2D eigenvalue weighted by Gasteiger charge is -1.99. The minimum Gasteiger partial charge on any atom is -0.480 e. The van der Waals surface area contributed by atoms with Gasteiger partial charge in [-0.25, -0.2) is 8.42 Å². The highest BCUT2D eigenvalue weighted by Crippen LogP contribution is 2.31. The van der Waals surface area contributed by atoms with Gasteiger partial charge in [-0.15, -0.1) is 0 Å². The van der Waals surface area contributed by atoms with Crippen molar-refractivity contribution in [2.75, 3.05) is 6.54 Å². The van der Waals surface area contributed by atoms with E-state index in [9.17, 15) is 13.2 Å². The Balaban J connectivity index is 2.43. The summed E-state index contributed by atoms with van der Waals surface area (Å²) in [5, 5.41) is 8.98. The van der Waals surface area contributed by atoms with Crippen LogP contribution in [0.5, 0.6) is 0 Å². The number of nitrogens with one attached hydrogen (secondary N) is 1. The van der Waals surface area contributed by atoms with E-state index in [4.69, 9.17) is 32.7 Å². The molecule has 0 atom stereocenters. The van der Waals surface area contributed by atoms with Gasteiger partial charge in [0.1, 0.15) is 12.1 Å². The first-order valence-corrected chi connectivity index (χ1v) is 7.13. The average molecular weight is 324 g/mol. The predicted octanol–water partition coefficient (Wildman–Crippen LogP) is 2.10. The molecule has 2 aromatic rings. The van der Waals surface area contributed by atoms with Gasteiger partial charge in [-0.2, -0.15) is 4.72 Å². The average Bonchev–Trinajstić information content (AvgIpc) is 2.71. The Morgan fingerprint density at radius 1 is 1.26 bits per heavy atom. The number of furan rings is 1. The largest absolute Gasteiger partial charge is 0.480 e. The van der Waals surface area contributed by atoms with Crippen molar-refractivity contribution in [3.05, 3.63) is 28.2 Å². The molecule has 0 aliphatic heterocycles. The minimum absolute atomic E-state index is 0.228. The number of rotatable bonds is 4. The molecule has 0 saturated heterocycles. The molecule has 0 aliphatic rings. The third-order valence-corrected chi connectivity index (χ3v) is 4.19. The lowest BCUT2D eigenvalue weighted by molar-refractivity contribution is -0.135. The molecular formula is C10H7Cl2NO5S. The van der Waals surface area contributed by atoms with E-state index in [2.05, 4.69) is 0 Å². The van der Waals surface area contributed by atoms with Gasteiger partial charge in [-0.3, -0.25) is 4.79 Å². The lowest BCUT2D eigenvalue weighted by Crippen LogP contribution is -2.29. The molecule has 2 N–H and O–H groups in total. The number of carboxylic acid groups (broad SMARTS) is 1. The lowest BCUT2D eigenvalue weighted by atomic mass is 10.3. The van der Waals surface area contributed by atoms with E-state index in [1.807, 2.05) is 4.72 Å². The first-order chi connectivity index (χ1) is 8.79. The zero-order valence-corrected chi connectivity index (χ0v) is 11.5. The monoisotopic (exact) mass is 323 g/mol. The number of halogens is 2. The Kier molecular flexibility index (Phi) is 3.73. The van der Waals surface area contributed by atoms with Gasteiger partial charge in [0.25, 0.3) is 10.0 Å². The molecule has 9 heteroatoms. The Morgan fingerprint density at radius 3 is 2.53 bits per heavy atom. The van der Waals surface area contributed by atoms with Crippen LogP contribution in [0.4, 0.5) is 0 Å². The molecule has 2 rings (SSSR count). The van der Waals surface area contributed by atoms with Crippen molar-refractivity contribution >= 4 is 50.2 Å². The van der Waals surface area contributed by atoms with Gasteiger partial charge >= 0.3 is 5.97 Å². The molecule has 1 aromatic carbocycles. The van der Waals surface area contributed by atoms with Crippen LogP contribution in [0.3, 0.4) is 0 Å². The van der Waals surface area contributed by atoms with Gasteiger partial charge in [-0.05, 0) is 6.07 Å². The number of fused-ring (bicyclic) bond motifs is 1. The van der Waals surface area contributed by atoms with Crippen LogP contribution in [0.2, 0.25) is 10.0 Å². The number of benzene rings is 1. The summed E-state index contributed by atoms with van der Waals surface area (Å²) in [6.07, 6.45) is 0. The smallest absolute Gasteiger partial charge is 0.318 e. The number of carboxylic acids is 1. The van der Waals surface area contributed by atoms with Gasteiger partial charge < -0.3 is 9.52 Å². The molecule has 0 fully saturated rings. The van der Waals surface area contributed by atoms with E-state index >= 15 is 0 Å². The standard InChI is InChI=1S/C10H7Cl2NO5S/c11-6-1-5-2-10(18-8(5)3-7(6)12)19(16,17)13-4-9(14)15/h1-3,13H,4H2,(H,14,15). The fourth-order valence-electron chi connectivity index (χ4n) is 1.37. The van der Waals surface area contributed by atoms with E-state index in [0.29, 0.717) is 5.39 Å². The molecule has 0 aliphatic carbocycles. The molecule has 0 saturated carbocycles. The number of hydrogen-bond donors (Lipinski definition) is 2. The van der Waals surface area contributed by atoms with Gasteiger partial charge in [0.2, 0.25) is 5.09 Å². The molecule has 0 spiro atoms. The van der Waals surface area contributed by atoms with Crippen molar-refractivity contribution in [3.63, 3.8) is 0 Å². The second kappa shape index (κ2) is 5.01. The summed E-state index contributed by atoms with van der Waals surface area (Å²) >= 11 is 11.6. The zero-order chi connectivity index (χ0) is 14.2. The van der Waals surface area contributed by atoms with E-state index < -0.39 is 27.6 Å². The summed E-state index contributed by atoms with van der Waals surface area (Å²) in [6.45, 7) is -0.735. The maximum Gasteiger partial charge on any atom is 0.318 e. The Bertz CT molecular complexity index is 714. The highest BCUT2D eigenvalue weighted by molar-refractivity contribution is 7.89. The van der Waals surface area contributed by atoms with Crippen LogP contribution in [-0.4, -0.2) is 26.0 Å². The van der Waals surface area contributed by atoms with Crippen molar-refractivity contribution in [1.29, 1.82) is 0 Å². The van der Waals surface area contributed by atoms with Gasteiger partial charge in [-0.1, -0.05) is 23.2 Å². The summed E-state index contributed by atoms with van der Waals surface area (Å²) in [5.74, 6) is -1.30. The second-order valence-corrected chi connectivity index (χ2v) is 6.10. The summed E-state index contributed by atoms with van der Waals surface area (Å²) in [5.41, 5.74) is 0.241. The summed E-state index contributed by atoms with van der Waals surface area (Å²) < 4.78 is 30.5. The van der Waals surface area contributed by atoms with Gasteiger partial charge in [0, 0.05) is 17.5 Å². The fraction of sp³-hybridized carbons (Fsp3) is 0.100. The highest BCUT2D eigenvalue weighted by Gasteiger charge is 2.20. The van der Waals surface area contributed by atoms with Crippen molar-refractivity contribution in [1.82, 2.24) is 4.72 Å². The second-order valence-electron chi connectivity index (χ2n) is 3.59. The molecule has 6 nitrogen and oxygen atoms in total.